The van der Waals surface area contributed by atoms with Crippen LogP contribution in [0.2, 0.25) is 0 Å². The lowest BCUT2D eigenvalue weighted by Crippen LogP contribution is -2.36. The molecule has 0 radical (unpaired) electrons. The van der Waals surface area contributed by atoms with Crippen LogP contribution in [0, 0.1) is 17.7 Å². The molecule has 1 aromatic carbocycles. The largest absolute Gasteiger partial charge is 0.459 e. The third kappa shape index (κ3) is 3.10. The number of carbonyl (C=O) groups is 1. The molecule has 3 aromatic rings. The first-order valence-electron chi connectivity index (χ1n) is 9.50. The van der Waals surface area contributed by atoms with Crippen LogP contribution < -0.4 is 10.5 Å². The number of benzene rings is 1. The van der Waals surface area contributed by atoms with Crippen molar-refractivity contribution in [2.24, 2.45) is 11.8 Å². The first-order chi connectivity index (χ1) is 14.1. The van der Waals surface area contributed by atoms with Crippen molar-refractivity contribution >= 4 is 11.7 Å². The minimum absolute atomic E-state index is 0.0943. The van der Waals surface area contributed by atoms with E-state index in [0.29, 0.717) is 25.5 Å². The fourth-order valence-corrected chi connectivity index (χ4v) is 4.63. The number of nitrogens with zero attached hydrogens (tertiary/aromatic N) is 3. The van der Waals surface area contributed by atoms with Crippen molar-refractivity contribution in [3.8, 4) is 0 Å². The van der Waals surface area contributed by atoms with Gasteiger partial charge in [-0.15, -0.1) is 0 Å². The van der Waals surface area contributed by atoms with E-state index >= 15 is 0 Å². The SMILES string of the molecule is O=C(c1ccco1)N1C[C@@H]2CN(c3cc(=O)[nH]cn3)C[C@@H]2[C@H]1c1cccc(F)c1. The van der Waals surface area contributed by atoms with Gasteiger partial charge in [0.1, 0.15) is 11.6 Å². The van der Waals surface area contributed by atoms with Gasteiger partial charge in [0.2, 0.25) is 0 Å². The van der Waals surface area contributed by atoms with Crippen LogP contribution in [-0.2, 0) is 0 Å². The third-order valence-electron chi connectivity index (χ3n) is 5.83. The van der Waals surface area contributed by atoms with Crippen LogP contribution in [0.25, 0.3) is 0 Å². The molecule has 5 rings (SSSR count). The normalized spacial score (nSPS) is 23.4. The summed E-state index contributed by atoms with van der Waals surface area (Å²) in [5.74, 6) is 0.645. The fourth-order valence-electron chi connectivity index (χ4n) is 4.63. The molecule has 2 aliphatic heterocycles. The van der Waals surface area contributed by atoms with E-state index in [1.165, 1.54) is 30.8 Å². The topological polar surface area (TPSA) is 82.4 Å². The number of fused-ring (bicyclic) bond motifs is 1. The van der Waals surface area contributed by atoms with Gasteiger partial charge in [-0.25, -0.2) is 9.37 Å². The van der Waals surface area contributed by atoms with Crippen LogP contribution in [0.3, 0.4) is 0 Å². The number of carbonyl (C=O) groups excluding carboxylic acids is 1. The summed E-state index contributed by atoms with van der Waals surface area (Å²) >= 11 is 0. The molecule has 7 nitrogen and oxygen atoms in total. The van der Waals surface area contributed by atoms with Crippen molar-refractivity contribution < 1.29 is 13.6 Å². The predicted molar refractivity (Wildman–Crippen MR) is 103 cm³/mol. The van der Waals surface area contributed by atoms with E-state index in [1.54, 1.807) is 23.1 Å². The van der Waals surface area contributed by atoms with Gasteiger partial charge in [-0.2, -0.15) is 0 Å². The number of aromatic amines is 1. The molecule has 1 amide bonds. The van der Waals surface area contributed by atoms with E-state index < -0.39 is 0 Å². The molecule has 2 aromatic heterocycles. The highest BCUT2D eigenvalue weighted by molar-refractivity contribution is 5.92. The Morgan fingerprint density at radius 2 is 2.07 bits per heavy atom. The molecule has 0 spiro atoms. The maximum atomic E-state index is 14.0. The predicted octanol–water partition coefficient (Wildman–Crippen LogP) is 2.45. The van der Waals surface area contributed by atoms with Crippen LogP contribution >= 0.6 is 0 Å². The van der Waals surface area contributed by atoms with Crippen molar-refractivity contribution in [2.45, 2.75) is 6.04 Å². The van der Waals surface area contributed by atoms with Gasteiger partial charge in [-0.05, 0) is 29.8 Å². The van der Waals surface area contributed by atoms with Gasteiger partial charge in [0.15, 0.2) is 5.76 Å². The average molecular weight is 394 g/mol. The summed E-state index contributed by atoms with van der Waals surface area (Å²) in [5.41, 5.74) is 0.557. The van der Waals surface area contributed by atoms with Crippen molar-refractivity contribution in [2.75, 3.05) is 24.5 Å². The Balaban J connectivity index is 1.49. The number of amides is 1. The first-order valence-corrected chi connectivity index (χ1v) is 9.50. The Morgan fingerprint density at radius 1 is 1.17 bits per heavy atom. The molecule has 0 bridgehead atoms. The average Bonchev–Trinajstić information content (AvgIpc) is 3.43. The summed E-state index contributed by atoms with van der Waals surface area (Å²) in [6, 6.07) is 10.9. The van der Waals surface area contributed by atoms with Gasteiger partial charge < -0.3 is 19.2 Å². The van der Waals surface area contributed by atoms with Crippen molar-refractivity contribution in [1.29, 1.82) is 0 Å². The molecule has 2 saturated heterocycles. The molecule has 1 N–H and O–H groups in total. The van der Waals surface area contributed by atoms with Crippen LogP contribution in [0.4, 0.5) is 10.2 Å². The van der Waals surface area contributed by atoms with E-state index in [2.05, 4.69) is 14.9 Å². The van der Waals surface area contributed by atoms with Crippen LogP contribution in [0.1, 0.15) is 22.2 Å². The maximum absolute atomic E-state index is 14.0. The molecule has 2 fully saturated rings. The molecule has 29 heavy (non-hydrogen) atoms. The highest BCUT2D eigenvalue weighted by Crippen LogP contribution is 2.46. The number of anilines is 1. The smallest absolute Gasteiger partial charge is 0.290 e. The van der Waals surface area contributed by atoms with Crippen LogP contribution in [-0.4, -0.2) is 40.4 Å². The number of hydrogen-bond donors (Lipinski definition) is 1. The van der Waals surface area contributed by atoms with Gasteiger partial charge >= 0.3 is 0 Å². The zero-order valence-electron chi connectivity index (χ0n) is 15.5. The molecule has 0 unspecified atom stereocenters. The second kappa shape index (κ2) is 6.88. The molecule has 2 aliphatic rings. The molecular weight excluding hydrogens is 375 g/mol. The molecule has 3 atom stereocenters. The first kappa shape index (κ1) is 17.7. The highest BCUT2D eigenvalue weighted by Gasteiger charge is 2.50. The number of rotatable bonds is 3. The molecule has 0 aliphatic carbocycles. The van der Waals surface area contributed by atoms with Gasteiger partial charge in [-0.1, -0.05) is 12.1 Å². The second-order valence-corrected chi connectivity index (χ2v) is 7.53. The summed E-state index contributed by atoms with van der Waals surface area (Å²) in [5, 5.41) is 0. The lowest BCUT2D eigenvalue weighted by Gasteiger charge is -2.29. The highest BCUT2D eigenvalue weighted by atomic mass is 19.1. The summed E-state index contributed by atoms with van der Waals surface area (Å²) in [4.78, 5) is 35.4. The Labute approximate surface area is 165 Å². The van der Waals surface area contributed by atoms with Gasteiger partial charge in [0.05, 0.1) is 18.6 Å². The van der Waals surface area contributed by atoms with E-state index in [-0.39, 0.29) is 40.9 Å². The molecule has 0 saturated carbocycles. The summed E-state index contributed by atoms with van der Waals surface area (Å²) < 4.78 is 19.3. The minimum Gasteiger partial charge on any atom is -0.459 e. The van der Waals surface area contributed by atoms with E-state index in [0.717, 1.165) is 5.56 Å². The monoisotopic (exact) mass is 394 g/mol. The quantitative estimate of drug-likeness (QED) is 0.738. The molecule has 148 valence electrons. The van der Waals surface area contributed by atoms with Crippen LogP contribution in [0.5, 0.6) is 0 Å². The Kier molecular flexibility index (Phi) is 4.19. The summed E-state index contributed by atoms with van der Waals surface area (Å²) in [6.07, 6.45) is 2.87. The number of aromatic nitrogens is 2. The second-order valence-electron chi connectivity index (χ2n) is 7.53. The zero-order chi connectivity index (χ0) is 20.0. The van der Waals surface area contributed by atoms with Crippen molar-refractivity contribution in [1.82, 2.24) is 14.9 Å². The fraction of sp³-hybridized carbons (Fsp3) is 0.286. The van der Waals surface area contributed by atoms with Crippen molar-refractivity contribution in [3.63, 3.8) is 0 Å². The minimum atomic E-state index is -0.331. The zero-order valence-corrected chi connectivity index (χ0v) is 15.5. The van der Waals surface area contributed by atoms with Crippen LogP contribution in [0.15, 0.2) is 64.3 Å². The Bertz CT molecular complexity index is 1100. The maximum Gasteiger partial charge on any atom is 0.290 e. The number of hydrogen-bond acceptors (Lipinski definition) is 5. The van der Waals surface area contributed by atoms with Gasteiger partial charge in [0.25, 0.3) is 11.5 Å². The summed E-state index contributed by atoms with van der Waals surface area (Å²) in [7, 11) is 0. The Morgan fingerprint density at radius 3 is 2.83 bits per heavy atom. The summed E-state index contributed by atoms with van der Waals surface area (Å²) in [6.45, 7) is 1.84. The number of halogens is 1. The number of furan rings is 1. The molecular formula is C21H19FN4O3. The molecule has 4 heterocycles. The van der Waals surface area contributed by atoms with Crippen molar-refractivity contribution in [3.05, 3.63) is 82.5 Å². The van der Waals surface area contributed by atoms with E-state index in [9.17, 15) is 14.0 Å². The Hall–Kier alpha value is -3.42. The standard InChI is InChI=1S/C21H19FN4O3/c22-15-4-1-3-13(7-15)20-16-11-25(18-8-19(27)24-12-23-18)9-14(16)10-26(20)21(28)17-5-2-6-29-17/h1-8,12,14,16,20H,9-11H2,(H,23,24,27)/t14-,16-,20+/m0/s1. The number of nitrogens with one attached hydrogen (secondary N) is 1. The lowest BCUT2D eigenvalue weighted by atomic mass is 9.89. The molecule has 8 heteroatoms. The number of H-pyrrole nitrogens is 1. The number of likely N-dealkylation sites (tertiary alicyclic amines) is 1. The third-order valence-corrected chi connectivity index (χ3v) is 5.83. The lowest BCUT2D eigenvalue weighted by molar-refractivity contribution is 0.0683. The van der Waals surface area contributed by atoms with E-state index in [1.807, 2.05) is 6.07 Å². The van der Waals surface area contributed by atoms with E-state index in [4.69, 9.17) is 4.42 Å². The van der Waals surface area contributed by atoms with Gasteiger partial charge in [0, 0.05) is 37.5 Å². The van der Waals surface area contributed by atoms with Gasteiger partial charge in [-0.3, -0.25) is 9.59 Å².